The maximum Gasteiger partial charge on any atom is 0.174 e. The average Bonchev–Trinajstić information content (AvgIpc) is 2.45. The van der Waals surface area contributed by atoms with Crippen molar-refractivity contribution in [1.82, 2.24) is 4.98 Å². The van der Waals surface area contributed by atoms with Gasteiger partial charge in [0.1, 0.15) is 5.82 Å². The molecule has 0 saturated carbocycles. The molecule has 4 heteroatoms. The normalized spacial score (nSPS) is 10.3. The van der Waals surface area contributed by atoms with Crippen LogP contribution in [0.4, 0.5) is 10.2 Å². The molecule has 0 fully saturated rings. The van der Waals surface area contributed by atoms with Crippen molar-refractivity contribution in [3.63, 3.8) is 0 Å². The molecule has 3 nitrogen and oxygen atoms in total. The average molecular weight is 260 g/mol. The van der Waals surface area contributed by atoms with Crippen LogP contribution in [0.2, 0.25) is 0 Å². The predicted molar refractivity (Wildman–Crippen MR) is 75.0 cm³/mol. The second-order valence-corrected chi connectivity index (χ2v) is 4.16. The summed E-state index contributed by atoms with van der Waals surface area (Å²) in [7, 11) is 1.45. The first-order valence-corrected chi connectivity index (χ1v) is 6.30. The molecule has 2 rings (SSSR count). The van der Waals surface area contributed by atoms with E-state index in [-0.39, 0.29) is 11.6 Å². The highest BCUT2D eigenvalue weighted by Gasteiger charge is 2.11. The first kappa shape index (κ1) is 13.3. The number of rotatable bonds is 5. The lowest BCUT2D eigenvalue weighted by molar-refractivity contribution is 0.387. The van der Waals surface area contributed by atoms with E-state index in [1.165, 1.54) is 7.11 Å². The van der Waals surface area contributed by atoms with Crippen molar-refractivity contribution in [3.05, 3.63) is 42.2 Å². The number of nitrogens with zero attached hydrogens (tertiary/aromatic N) is 1. The molecule has 0 spiro atoms. The van der Waals surface area contributed by atoms with Crippen molar-refractivity contribution in [2.75, 3.05) is 19.0 Å². The summed E-state index contributed by atoms with van der Waals surface area (Å²) in [5.41, 5.74) is 1.04. The summed E-state index contributed by atoms with van der Waals surface area (Å²) in [6.07, 6.45) is 1.01. The van der Waals surface area contributed by atoms with Crippen molar-refractivity contribution < 1.29 is 9.13 Å². The Hall–Kier alpha value is -2.10. The molecule has 2 aromatic rings. The molecular formula is C15H17FN2O. The highest BCUT2D eigenvalue weighted by Crippen LogP contribution is 2.28. The van der Waals surface area contributed by atoms with Crippen LogP contribution < -0.4 is 10.1 Å². The van der Waals surface area contributed by atoms with E-state index in [0.717, 1.165) is 18.8 Å². The lowest BCUT2D eigenvalue weighted by atomic mass is 10.1. The summed E-state index contributed by atoms with van der Waals surface area (Å²) in [6.45, 7) is 2.93. The third kappa shape index (κ3) is 3.02. The maximum absolute atomic E-state index is 14.2. The van der Waals surface area contributed by atoms with Gasteiger partial charge in [0.15, 0.2) is 11.6 Å². The molecule has 100 valence electrons. The number of ether oxygens (including phenoxy) is 1. The lowest BCUT2D eigenvalue weighted by Gasteiger charge is -2.09. The van der Waals surface area contributed by atoms with Crippen LogP contribution in [0.5, 0.6) is 5.75 Å². The number of aromatic nitrogens is 1. The smallest absolute Gasteiger partial charge is 0.174 e. The van der Waals surface area contributed by atoms with Gasteiger partial charge < -0.3 is 10.1 Å². The summed E-state index contributed by atoms with van der Waals surface area (Å²) in [4.78, 5) is 4.41. The van der Waals surface area contributed by atoms with Crippen molar-refractivity contribution in [1.29, 1.82) is 0 Å². The third-order valence-electron chi connectivity index (χ3n) is 2.76. The molecular weight excluding hydrogens is 243 g/mol. The monoisotopic (exact) mass is 260 g/mol. The maximum atomic E-state index is 14.2. The molecule has 1 heterocycles. The van der Waals surface area contributed by atoms with Gasteiger partial charge in [0, 0.05) is 12.1 Å². The van der Waals surface area contributed by atoms with E-state index in [1.807, 2.05) is 12.1 Å². The van der Waals surface area contributed by atoms with E-state index in [0.29, 0.717) is 11.3 Å². The van der Waals surface area contributed by atoms with Crippen LogP contribution in [0.25, 0.3) is 11.3 Å². The van der Waals surface area contributed by atoms with Gasteiger partial charge in [0.2, 0.25) is 0 Å². The van der Waals surface area contributed by atoms with Gasteiger partial charge in [0.25, 0.3) is 0 Å². The lowest BCUT2D eigenvalue weighted by Crippen LogP contribution is -2.02. The van der Waals surface area contributed by atoms with E-state index in [9.17, 15) is 4.39 Å². The highest BCUT2D eigenvalue weighted by atomic mass is 19.1. The number of hydrogen-bond donors (Lipinski definition) is 1. The fourth-order valence-corrected chi connectivity index (χ4v) is 1.80. The summed E-state index contributed by atoms with van der Waals surface area (Å²) < 4.78 is 19.1. The predicted octanol–water partition coefficient (Wildman–Crippen LogP) is 3.72. The van der Waals surface area contributed by atoms with Gasteiger partial charge in [-0.2, -0.15) is 0 Å². The first-order chi connectivity index (χ1) is 9.26. The molecule has 19 heavy (non-hydrogen) atoms. The van der Waals surface area contributed by atoms with E-state index in [1.54, 1.807) is 24.3 Å². The Morgan fingerprint density at radius 2 is 2.00 bits per heavy atom. The molecule has 0 bridgehead atoms. The summed E-state index contributed by atoms with van der Waals surface area (Å²) >= 11 is 0. The van der Waals surface area contributed by atoms with Crippen LogP contribution in [0, 0.1) is 5.82 Å². The molecule has 0 amide bonds. The number of benzene rings is 1. The third-order valence-corrected chi connectivity index (χ3v) is 2.76. The SMILES string of the molecule is CCCNc1cccc(-c2cccc(OC)c2F)n1. The minimum Gasteiger partial charge on any atom is -0.494 e. The number of anilines is 1. The zero-order valence-electron chi connectivity index (χ0n) is 11.1. The Labute approximate surface area is 112 Å². The second-order valence-electron chi connectivity index (χ2n) is 4.16. The minimum atomic E-state index is -0.384. The van der Waals surface area contributed by atoms with Gasteiger partial charge >= 0.3 is 0 Å². The Morgan fingerprint density at radius 1 is 1.21 bits per heavy atom. The molecule has 1 N–H and O–H groups in total. The number of hydrogen-bond acceptors (Lipinski definition) is 3. The van der Waals surface area contributed by atoms with Crippen LogP contribution in [-0.4, -0.2) is 18.6 Å². The molecule has 0 aliphatic carbocycles. The first-order valence-electron chi connectivity index (χ1n) is 6.30. The molecule has 1 aromatic heterocycles. The van der Waals surface area contributed by atoms with Crippen molar-refractivity contribution >= 4 is 5.82 Å². The topological polar surface area (TPSA) is 34.1 Å². The van der Waals surface area contributed by atoms with Crippen LogP contribution in [0.15, 0.2) is 36.4 Å². The minimum absolute atomic E-state index is 0.228. The zero-order chi connectivity index (χ0) is 13.7. The van der Waals surface area contributed by atoms with Crippen molar-refractivity contribution in [2.45, 2.75) is 13.3 Å². The number of pyridine rings is 1. The van der Waals surface area contributed by atoms with E-state index < -0.39 is 0 Å². The summed E-state index contributed by atoms with van der Waals surface area (Å²) in [6, 6.07) is 10.6. The number of halogens is 1. The van der Waals surface area contributed by atoms with Gasteiger partial charge in [-0.05, 0) is 30.7 Å². The van der Waals surface area contributed by atoms with Crippen LogP contribution in [0.1, 0.15) is 13.3 Å². The molecule has 1 aromatic carbocycles. The molecule has 0 aliphatic heterocycles. The fourth-order valence-electron chi connectivity index (χ4n) is 1.80. The van der Waals surface area contributed by atoms with Crippen LogP contribution in [-0.2, 0) is 0 Å². The van der Waals surface area contributed by atoms with Crippen molar-refractivity contribution in [3.8, 4) is 17.0 Å². The van der Waals surface area contributed by atoms with Gasteiger partial charge in [-0.1, -0.05) is 19.1 Å². The standard InChI is InChI=1S/C15H17FN2O/c1-3-10-17-14-9-5-7-12(18-14)11-6-4-8-13(19-2)15(11)16/h4-9H,3,10H2,1-2H3,(H,17,18). The van der Waals surface area contributed by atoms with Gasteiger partial charge in [-0.15, -0.1) is 0 Å². The Kier molecular flexibility index (Phi) is 4.34. The molecule has 0 aliphatic rings. The Balaban J connectivity index is 2.36. The molecule has 0 saturated heterocycles. The molecule has 0 atom stereocenters. The summed E-state index contributed by atoms with van der Waals surface area (Å²) in [5.74, 6) is 0.595. The Morgan fingerprint density at radius 3 is 2.74 bits per heavy atom. The molecule has 0 unspecified atom stereocenters. The quantitative estimate of drug-likeness (QED) is 0.889. The fraction of sp³-hybridized carbons (Fsp3) is 0.267. The number of methoxy groups -OCH3 is 1. The molecule has 0 radical (unpaired) electrons. The van der Waals surface area contributed by atoms with Crippen LogP contribution in [0.3, 0.4) is 0 Å². The van der Waals surface area contributed by atoms with E-state index in [2.05, 4.69) is 17.2 Å². The zero-order valence-corrected chi connectivity index (χ0v) is 11.1. The van der Waals surface area contributed by atoms with Gasteiger partial charge in [0.05, 0.1) is 12.8 Å². The summed E-state index contributed by atoms with van der Waals surface area (Å²) in [5, 5.41) is 3.19. The van der Waals surface area contributed by atoms with E-state index in [4.69, 9.17) is 4.74 Å². The van der Waals surface area contributed by atoms with Crippen LogP contribution >= 0.6 is 0 Å². The largest absolute Gasteiger partial charge is 0.494 e. The highest BCUT2D eigenvalue weighted by molar-refractivity contribution is 5.64. The second kappa shape index (κ2) is 6.18. The van der Waals surface area contributed by atoms with Gasteiger partial charge in [-0.3, -0.25) is 0 Å². The number of nitrogens with one attached hydrogen (secondary N) is 1. The van der Waals surface area contributed by atoms with Gasteiger partial charge in [-0.25, -0.2) is 9.37 Å². The van der Waals surface area contributed by atoms with E-state index >= 15 is 0 Å². The Bertz CT molecular complexity index is 558. The van der Waals surface area contributed by atoms with Crippen molar-refractivity contribution in [2.24, 2.45) is 0 Å².